The Morgan fingerprint density at radius 3 is 2.58 bits per heavy atom. The summed E-state index contributed by atoms with van der Waals surface area (Å²) >= 11 is 12.0. The van der Waals surface area contributed by atoms with Gasteiger partial charge < -0.3 is 14.5 Å². The Morgan fingerprint density at radius 2 is 2.05 bits per heavy atom. The Balaban J connectivity index is 2.36. The van der Waals surface area contributed by atoms with Gasteiger partial charge in [-0.3, -0.25) is 0 Å². The molecule has 1 unspecified atom stereocenters. The summed E-state index contributed by atoms with van der Waals surface area (Å²) < 4.78 is 10.6. The van der Waals surface area contributed by atoms with Crippen LogP contribution in [0.3, 0.4) is 0 Å². The van der Waals surface area contributed by atoms with Crippen LogP contribution in [0.25, 0.3) is 0 Å². The first-order valence-electron chi connectivity index (χ1n) is 5.97. The maximum absolute atomic E-state index is 6.16. The second-order valence-electron chi connectivity index (χ2n) is 4.03. The van der Waals surface area contributed by atoms with Crippen LogP contribution < -0.4 is 10.1 Å². The molecular formula is C14H15Cl2NO2. The average Bonchev–Trinajstić information content (AvgIpc) is 2.82. The fourth-order valence-corrected chi connectivity index (χ4v) is 2.35. The van der Waals surface area contributed by atoms with Crippen molar-refractivity contribution in [3.63, 3.8) is 0 Å². The molecule has 19 heavy (non-hydrogen) atoms. The third-order valence-electron chi connectivity index (χ3n) is 2.80. The third kappa shape index (κ3) is 3.24. The molecule has 0 aliphatic rings. The number of methoxy groups -OCH3 is 1. The van der Waals surface area contributed by atoms with Gasteiger partial charge in [-0.05, 0) is 48.0 Å². The van der Waals surface area contributed by atoms with Crippen molar-refractivity contribution in [2.75, 3.05) is 13.7 Å². The zero-order valence-corrected chi connectivity index (χ0v) is 12.3. The largest absolute Gasteiger partial charge is 0.495 e. The van der Waals surface area contributed by atoms with Crippen molar-refractivity contribution in [3.8, 4) is 5.75 Å². The van der Waals surface area contributed by atoms with Crippen LogP contribution in [0.1, 0.15) is 24.3 Å². The van der Waals surface area contributed by atoms with E-state index in [0.717, 1.165) is 17.9 Å². The minimum atomic E-state index is -0.0825. The number of rotatable bonds is 5. The van der Waals surface area contributed by atoms with E-state index in [0.29, 0.717) is 16.0 Å². The number of nitrogens with one attached hydrogen (secondary N) is 1. The van der Waals surface area contributed by atoms with Crippen molar-refractivity contribution < 1.29 is 9.15 Å². The summed E-state index contributed by atoms with van der Waals surface area (Å²) in [5, 5.41) is 4.28. The van der Waals surface area contributed by atoms with Crippen LogP contribution in [0, 0.1) is 0 Å². The molecule has 2 aromatic rings. The van der Waals surface area contributed by atoms with Crippen molar-refractivity contribution in [2.45, 2.75) is 13.0 Å². The highest BCUT2D eigenvalue weighted by molar-refractivity contribution is 6.32. The lowest BCUT2D eigenvalue weighted by Gasteiger charge is -2.17. The van der Waals surface area contributed by atoms with Gasteiger partial charge in [0.15, 0.2) is 5.22 Å². The number of hydrogen-bond acceptors (Lipinski definition) is 3. The Kier molecular flexibility index (Phi) is 4.75. The Morgan fingerprint density at radius 1 is 1.26 bits per heavy atom. The highest BCUT2D eigenvalue weighted by atomic mass is 35.5. The summed E-state index contributed by atoms with van der Waals surface area (Å²) in [6, 6.07) is 9.16. The summed E-state index contributed by atoms with van der Waals surface area (Å²) in [6.45, 7) is 2.83. The molecule has 0 aliphatic heterocycles. The van der Waals surface area contributed by atoms with Crippen LogP contribution in [0.15, 0.2) is 34.7 Å². The van der Waals surface area contributed by atoms with Crippen molar-refractivity contribution >= 4 is 23.2 Å². The van der Waals surface area contributed by atoms with E-state index in [9.17, 15) is 0 Å². The van der Waals surface area contributed by atoms with Crippen molar-refractivity contribution in [1.29, 1.82) is 0 Å². The highest BCUT2D eigenvalue weighted by Gasteiger charge is 2.18. The summed E-state index contributed by atoms with van der Waals surface area (Å²) in [5.41, 5.74) is 0.999. The molecule has 0 radical (unpaired) electrons. The molecule has 5 heteroatoms. The van der Waals surface area contributed by atoms with Gasteiger partial charge in [0.05, 0.1) is 18.2 Å². The van der Waals surface area contributed by atoms with Gasteiger partial charge in [0.2, 0.25) is 0 Å². The maximum atomic E-state index is 6.16. The number of ether oxygens (including phenoxy) is 1. The Labute approximate surface area is 122 Å². The SMILES string of the molecule is CCNC(c1ccc(OC)c(Cl)c1)c1ccc(Cl)o1. The summed E-state index contributed by atoms with van der Waals surface area (Å²) in [6.07, 6.45) is 0. The van der Waals surface area contributed by atoms with Crippen LogP contribution in [-0.2, 0) is 0 Å². The lowest BCUT2D eigenvalue weighted by atomic mass is 10.0. The van der Waals surface area contributed by atoms with Crippen LogP contribution in [0.5, 0.6) is 5.75 Å². The fraction of sp³-hybridized carbons (Fsp3) is 0.286. The van der Waals surface area contributed by atoms with Gasteiger partial charge in [0.1, 0.15) is 11.5 Å². The molecule has 1 aromatic heterocycles. The van der Waals surface area contributed by atoms with Crippen LogP contribution in [0.2, 0.25) is 10.2 Å². The molecule has 102 valence electrons. The first kappa shape index (κ1) is 14.3. The molecular weight excluding hydrogens is 285 g/mol. The molecule has 1 aromatic carbocycles. The minimum absolute atomic E-state index is 0.0825. The predicted molar refractivity (Wildman–Crippen MR) is 77.2 cm³/mol. The Hall–Kier alpha value is -1.16. The lowest BCUT2D eigenvalue weighted by Crippen LogP contribution is -2.21. The van der Waals surface area contributed by atoms with E-state index in [1.165, 1.54) is 0 Å². The van der Waals surface area contributed by atoms with Crippen LogP contribution in [0.4, 0.5) is 0 Å². The second kappa shape index (κ2) is 6.33. The van der Waals surface area contributed by atoms with E-state index in [2.05, 4.69) is 5.32 Å². The summed E-state index contributed by atoms with van der Waals surface area (Å²) in [4.78, 5) is 0. The van der Waals surface area contributed by atoms with Crippen molar-refractivity contribution in [3.05, 3.63) is 51.9 Å². The standard InChI is InChI=1S/C14H15Cl2NO2/c1-3-17-14(12-6-7-13(16)19-12)9-4-5-11(18-2)10(15)8-9/h4-8,14,17H,3H2,1-2H3. The molecule has 0 saturated carbocycles. The van der Waals surface area contributed by atoms with Gasteiger partial charge in [-0.1, -0.05) is 24.6 Å². The van der Waals surface area contributed by atoms with E-state index in [-0.39, 0.29) is 6.04 Å². The molecule has 3 nitrogen and oxygen atoms in total. The number of furan rings is 1. The molecule has 2 rings (SSSR count). The molecule has 1 heterocycles. The zero-order chi connectivity index (χ0) is 13.8. The zero-order valence-electron chi connectivity index (χ0n) is 10.7. The van der Waals surface area contributed by atoms with E-state index >= 15 is 0 Å². The first-order valence-corrected chi connectivity index (χ1v) is 6.73. The molecule has 0 fully saturated rings. The molecule has 0 bridgehead atoms. The lowest BCUT2D eigenvalue weighted by molar-refractivity contribution is 0.414. The average molecular weight is 300 g/mol. The molecule has 0 aliphatic carbocycles. The quantitative estimate of drug-likeness (QED) is 0.894. The highest BCUT2D eigenvalue weighted by Crippen LogP contribution is 2.31. The van der Waals surface area contributed by atoms with Gasteiger partial charge in [-0.15, -0.1) is 0 Å². The molecule has 1 N–H and O–H groups in total. The number of halogens is 2. The van der Waals surface area contributed by atoms with Gasteiger partial charge in [0.25, 0.3) is 0 Å². The minimum Gasteiger partial charge on any atom is -0.495 e. The number of benzene rings is 1. The Bertz CT molecular complexity index is 554. The van der Waals surface area contributed by atoms with Crippen molar-refractivity contribution in [2.24, 2.45) is 0 Å². The van der Waals surface area contributed by atoms with E-state index < -0.39 is 0 Å². The topological polar surface area (TPSA) is 34.4 Å². The normalized spacial score (nSPS) is 12.4. The van der Waals surface area contributed by atoms with Crippen molar-refractivity contribution in [1.82, 2.24) is 5.32 Å². The van der Waals surface area contributed by atoms with Gasteiger partial charge in [-0.25, -0.2) is 0 Å². The van der Waals surface area contributed by atoms with Gasteiger partial charge in [-0.2, -0.15) is 0 Å². The van der Waals surface area contributed by atoms with Crippen LogP contribution in [-0.4, -0.2) is 13.7 Å². The monoisotopic (exact) mass is 299 g/mol. The summed E-state index contributed by atoms with van der Waals surface area (Å²) in [7, 11) is 1.59. The van der Waals surface area contributed by atoms with Gasteiger partial charge >= 0.3 is 0 Å². The predicted octanol–water partition coefficient (Wildman–Crippen LogP) is 4.29. The first-order chi connectivity index (χ1) is 9.15. The summed E-state index contributed by atoms with van der Waals surface area (Å²) in [5.74, 6) is 1.41. The molecule has 1 atom stereocenters. The fourth-order valence-electron chi connectivity index (χ4n) is 1.93. The van der Waals surface area contributed by atoms with E-state index in [1.807, 2.05) is 31.2 Å². The second-order valence-corrected chi connectivity index (χ2v) is 4.81. The molecule has 0 amide bonds. The third-order valence-corrected chi connectivity index (χ3v) is 3.29. The smallest absolute Gasteiger partial charge is 0.193 e. The molecule has 0 saturated heterocycles. The van der Waals surface area contributed by atoms with E-state index in [1.54, 1.807) is 13.2 Å². The number of hydrogen-bond donors (Lipinski definition) is 1. The van der Waals surface area contributed by atoms with E-state index in [4.69, 9.17) is 32.4 Å². The van der Waals surface area contributed by atoms with Crippen LogP contribution >= 0.6 is 23.2 Å². The molecule has 0 spiro atoms. The van der Waals surface area contributed by atoms with Gasteiger partial charge in [0, 0.05) is 0 Å². The maximum Gasteiger partial charge on any atom is 0.193 e.